The Morgan fingerprint density at radius 2 is 1.87 bits per heavy atom. The van der Waals surface area contributed by atoms with Gasteiger partial charge in [-0.15, -0.1) is 0 Å². The number of aliphatic hydroxyl groups is 3. The molecule has 5 atom stereocenters. The molecule has 0 radical (unpaired) electrons. The van der Waals surface area contributed by atoms with E-state index in [0.29, 0.717) is 6.61 Å². The molecule has 0 spiro atoms. The maximum Gasteiger partial charge on any atom is 0.186 e. The van der Waals surface area contributed by atoms with Gasteiger partial charge in [0.2, 0.25) is 0 Å². The maximum absolute atomic E-state index is 9.56. The minimum atomic E-state index is -1.25. The van der Waals surface area contributed by atoms with Gasteiger partial charge in [0, 0.05) is 12.4 Å². The summed E-state index contributed by atoms with van der Waals surface area (Å²) in [5, 5.41) is 28.6. The molecule has 1 aliphatic rings. The Morgan fingerprint density at radius 3 is 2.40 bits per heavy atom. The summed E-state index contributed by atoms with van der Waals surface area (Å²) in [7, 11) is 0. The molecule has 0 aromatic rings. The Bertz CT molecular complexity index is 189. The number of thiol groups is 1. The Hall–Kier alpha value is 0.150. The van der Waals surface area contributed by atoms with Gasteiger partial charge in [0.15, 0.2) is 6.29 Å². The lowest BCUT2D eigenvalue weighted by Crippen LogP contribution is -2.58. The SMILES string of the molecule is CCCOC1OC(CS)C(O)C(O)C1O. The van der Waals surface area contributed by atoms with Gasteiger partial charge in [-0.1, -0.05) is 6.92 Å². The zero-order valence-corrected chi connectivity index (χ0v) is 9.51. The van der Waals surface area contributed by atoms with Gasteiger partial charge in [-0.3, -0.25) is 0 Å². The second kappa shape index (κ2) is 6.03. The summed E-state index contributed by atoms with van der Waals surface area (Å²) in [5.41, 5.74) is 0. The molecule has 0 aromatic heterocycles. The fourth-order valence-corrected chi connectivity index (χ4v) is 1.74. The molecule has 0 saturated carbocycles. The minimum Gasteiger partial charge on any atom is -0.388 e. The molecular weight excluding hydrogens is 220 g/mol. The minimum absolute atomic E-state index is 0.261. The molecule has 1 heterocycles. The first-order valence-corrected chi connectivity index (χ1v) is 5.67. The van der Waals surface area contributed by atoms with Gasteiger partial charge in [0.1, 0.15) is 18.3 Å². The van der Waals surface area contributed by atoms with Crippen molar-refractivity contribution in [3.8, 4) is 0 Å². The summed E-state index contributed by atoms with van der Waals surface area (Å²) in [6.07, 6.45) is -4.31. The van der Waals surface area contributed by atoms with E-state index in [1.54, 1.807) is 0 Å². The van der Waals surface area contributed by atoms with E-state index in [1.165, 1.54) is 0 Å². The summed E-state index contributed by atoms with van der Waals surface area (Å²) in [6.45, 7) is 2.36. The summed E-state index contributed by atoms with van der Waals surface area (Å²) < 4.78 is 10.5. The second-order valence-corrected chi connectivity index (χ2v) is 3.93. The van der Waals surface area contributed by atoms with Crippen LogP contribution in [0.25, 0.3) is 0 Å². The molecule has 6 heteroatoms. The highest BCUT2D eigenvalue weighted by atomic mass is 32.1. The topological polar surface area (TPSA) is 79.2 Å². The largest absolute Gasteiger partial charge is 0.388 e. The van der Waals surface area contributed by atoms with Crippen molar-refractivity contribution in [2.24, 2.45) is 0 Å². The van der Waals surface area contributed by atoms with E-state index in [-0.39, 0.29) is 5.75 Å². The second-order valence-electron chi connectivity index (χ2n) is 3.57. The van der Waals surface area contributed by atoms with Crippen LogP contribution in [0.15, 0.2) is 0 Å². The molecule has 90 valence electrons. The average Bonchev–Trinajstić information content (AvgIpc) is 2.25. The van der Waals surface area contributed by atoms with Gasteiger partial charge >= 0.3 is 0 Å². The number of aliphatic hydroxyl groups excluding tert-OH is 3. The lowest BCUT2D eigenvalue weighted by Gasteiger charge is -2.39. The van der Waals surface area contributed by atoms with E-state index in [4.69, 9.17) is 9.47 Å². The summed E-state index contributed by atoms with van der Waals surface area (Å²) in [6, 6.07) is 0. The van der Waals surface area contributed by atoms with Crippen LogP contribution in [0.3, 0.4) is 0 Å². The number of rotatable bonds is 4. The van der Waals surface area contributed by atoms with Crippen molar-refractivity contribution < 1.29 is 24.8 Å². The van der Waals surface area contributed by atoms with Crippen LogP contribution in [0, 0.1) is 0 Å². The average molecular weight is 238 g/mol. The van der Waals surface area contributed by atoms with Crippen LogP contribution >= 0.6 is 12.6 Å². The van der Waals surface area contributed by atoms with Gasteiger partial charge in [-0.25, -0.2) is 0 Å². The van der Waals surface area contributed by atoms with Crippen LogP contribution in [0.5, 0.6) is 0 Å². The highest BCUT2D eigenvalue weighted by molar-refractivity contribution is 7.80. The quantitative estimate of drug-likeness (QED) is 0.480. The molecule has 0 amide bonds. The highest BCUT2D eigenvalue weighted by Crippen LogP contribution is 2.22. The van der Waals surface area contributed by atoms with Gasteiger partial charge in [-0.2, -0.15) is 12.6 Å². The first-order chi connectivity index (χ1) is 7.11. The Kier molecular flexibility index (Phi) is 5.31. The zero-order chi connectivity index (χ0) is 11.4. The molecule has 0 aliphatic carbocycles. The first kappa shape index (κ1) is 13.2. The predicted octanol–water partition coefficient (Wildman–Crippen LogP) is -0.850. The van der Waals surface area contributed by atoms with Crippen LogP contribution in [-0.4, -0.2) is 58.4 Å². The van der Waals surface area contributed by atoms with E-state index in [1.807, 2.05) is 6.92 Å². The van der Waals surface area contributed by atoms with Crippen molar-refractivity contribution in [1.29, 1.82) is 0 Å². The fraction of sp³-hybridized carbons (Fsp3) is 1.00. The van der Waals surface area contributed by atoms with E-state index in [2.05, 4.69) is 12.6 Å². The fourth-order valence-electron chi connectivity index (χ4n) is 1.44. The standard InChI is InChI=1S/C9H18O5S/c1-2-3-13-9-8(12)7(11)6(10)5(4-15)14-9/h5-12,15H,2-4H2,1H3. The van der Waals surface area contributed by atoms with Gasteiger partial charge < -0.3 is 24.8 Å². The third-order valence-corrected chi connectivity index (χ3v) is 2.69. The lowest BCUT2D eigenvalue weighted by atomic mass is 10.00. The van der Waals surface area contributed by atoms with Crippen LogP contribution < -0.4 is 0 Å². The van der Waals surface area contributed by atoms with Crippen molar-refractivity contribution in [1.82, 2.24) is 0 Å². The molecule has 0 bridgehead atoms. The lowest BCUT2D eigenvalue weighted by molar-refractivity contribution is -0.291. The molecule has 5 nitrogen and oxygen atoms in total. The van der Waals surface area contributed by atoms with Crippen molar-refractivity contribution >= 4 is 12.6 Å². The number of hydrogen-bond donors (Lipinski definition) is 4. The summed E-state index contributed by atoms with van der Waals surface area (Å²) in [4.78, 5) is 0. The van der Waals surface area contributed by atoms with Gasteiger partial charge in [-0.05, 0) is 6.42 Å². The van der Waals surface area contributed by atoms with Crippen LogP contribution in [0.4, 0.5) is 0 Å². The van der Waals surface area contributed by atoms with Crippen LogP contribution in [0.2, 0.25) is 0 Å². The monoisotopic (exact) mass is 238 g/mol. The van der Waals surface area contributed by atoms with E-state index in [9.17, 15) is 15.3 Å². The normalized spacial score (nSPS) is 41.8. The third-order valence-electron chi connectivity index (χ3n) is 2.33. The van der Waals surface area contributed by atoms with E-state index >= 15 is 0 Å². The Morgan fingerprint density at radius 1 is 1.20 bits per heavy atom. The molecule has 1 saturated heterocycles. The molecule has 15 heavy (non-hydrogen) atoms. The summed E-state index contributed by atoms with van der Waals surface area (Å²) >= 11 is 3.99. The molecule has 1 fully saturated rings. The molecule has 1 aliphatic heterocycles. The van der Waals surface area contributed by atoms with Crippen molar-refractivity contribution in [2.45, 2.75) is 44.1 Å². The van der Waals surface area contributed by atoms with Crippen molar-refractivity contribution in [2.75, 3.05) is 12.4 Å². The number of hydrogen-bond acceptors (Lipinski definition) is 6. The first-order valence-electron chi connectivity index (χ1n) is 5.04. The van der Waals surface area contributed by atoms with Gasteiger partial charge in [0.05, 0.1) is 6.10 Å². The molecule has 1 rings (SSSR count). The smallest absolute Gasteiger partial charge is 0.186 e. The zero-order valence-electron chi connectivity index (χ0n) is 8.61. The Balaban J connectivity index is 2.57. The van der Waals surface area contributed by atoms with Crippen LogP contribution in [0.1, 0.15) is 13.3 Å². The van der Waals surface area contributed by atoms with Crippen molar-refractivity contribution in [3.63, 3.8) is 0 Å². The molecule has 0 aromatic carbocycles. The van der Waals surface area contributed by atoms with Gasteiger partial charge in [0.25, 0.3) is 0 Å². The third kappa shape index (κ3) is 3.05. The van der Waals surface area contributed by atoms with E-state index < -0.39 is 30.7 Å². The van der Waals surface area contributed by atoms with E-state index in [0.717, 1.165) is 6.42 Å². The van der Waals surface area contributed by atoms with Crippen molar-refractivity contribution in [3.05, 3.63) is 0 Å². The van der Waals surface area contributed by atoms with Crippen LogP contribution in [-0.2, 0) is 9.47 Å². The molecule has 3 N–H and O–H groups in total. The maximum atomic E-state index is 9.56. The highest BCUT2D eigenvalue weighted by Gasteiger charge is 2.43. The predicted molar refractivity (Wildman–Crippen MR) is 56.8 cm³/mol. The molecule has 5 unspecified atom stereocenters. The summed E-state index contributed by atoms with van der Waals surface area (Å²) in [5.74, 6) is 0.261. The Labute approximate surface area is 94.4 Å². The number of ether oxygens (including phenoxy) is 2. The molecular formula is C9H18O5S.